The number of methoxy groups -OCH3 is 1. The summed E-state index contributed by atoms with van der Waals surface area (Å²) in [5, 5.41) is 0. The number of nitrogens with zero attached hydrogens (tertiary/aromatic N) is 2. The average molecular weight is 314 g/mol. The van der Waals surface area contributed by atoms with Crippen molar-refractivity contribution in [2.75, 3.05) is 44.8 Å². The monoisotopic (exact) mass is 314 g/mol. The van der Waals surface area contributed by atoms with Crippen LogP contribution in [0.5, 0.6) is 0 Å². The van der Waals surface area contributed by atoms with Gasteiger partial charge in [-0.25, -0.2) is 4.79 Å². The van der Waals surface area contributed by atoms with Crippen LogP contribution in [0, 0.1) is 0 Å². The predicted molar refractivity (Wildman–Crippen MR) is 77.5 cm³/mol. The van der Waals surface area contributed by atoms with Crippen molar-refractivity contribution in [1.82, 2.24) is 4.31 Å². The van der Waals surface area contributed by atoms with Gasteiger partial charge in [0, 0.05) is 20.1 Å². The van der Waals surface area contributed by atoms with Gasteiger partial charge in [0.2, 0.25) is 0 Å². The molecule has 0 N–H and O–H groups in total. The highest BCUT2D eigenvalue weighted by atomic mass is 32.2. The highest BCUT2D eigenvalue weighted by Gasteiger charge is 2.30. The third-order valence-electron chi connectivity index (χ3n) is 3.29. The van der Waals surface area contributed by atoms with E-state index in [4.69, 9.17) is 9.47 Å². The third kappa shape index (κ3) is 3.17. The molecule has 2 rings (SSSR count). The minimum absolute atomic E-state index is 0.208. The van der Waals surface area contributed by atoms with Gasteiger partial charge in [0.15, 0.2) is 0 Å². The zero-order valence-electron chi connectivity index (χ0n) is 12.0. The molecule has 1 heterocycles. The molecule has 0 aliphatic carbocycles. The minimum atomic E-state index is -3.70. The fraction of sp³-hybridized carbons (Fsp3) is 0.462. The van der Waals surface area contributed by atoms with Gasteiger partial charge in [0.1, 0.15) is 0 Å². The zero-order chi connectivity index (χ0) is 15.5. The van der Waals surface area contributed by atoms with E-state index in [2.05, 4.69) is 0 Å². The number of morpholine rings is 1. The Balaban J connectivity index is 2.35. The normalized spacial score (nSPS) is 16.5. The second kappa shape index (κ2) is 6.42. The van der Waals surface area contributed by atoms with Gasteiger partial charge in [-0.15, -0.1) is 0 Å². The summed E-state index contributed by atoms with van der Waals surface area (Å²) in [5.74, 6) is -0.574. The van der Waals surface area contributed by atoms with Crippen molar-refractivity contribution < 1.29 is 22.7 Å². The average Bonchev–Trinajstić information content (AvgIpc) is 2.54. The van der Waals surface area contributed by atoms with E-state index in [1.165, 1.54) is 24.5 Å². The Morgan fingerprint density at radius 3 is 2.52 bits per heavy atom. The van der Waals surface area contributed by atoms with E-state index >= 15 is 0 Å². The number of hydrogen-bond donors (Lipinski definition) is 0. The number of hydrogen-bond acceptors (Lipinski definition) is 5. The van der Waals surface area contributed by atoms with Crippen molar-refractivity contribution >= 4 is 21.9 Å². The molecule has 1 aliphatic rings. The van der Waals surface area contributed by atoms with Crippen LogP contribution in [0.25, 0.3) is 0 Å². The van der Waals surface area contributed by atoms with E-state index in [1.54, 1.807) is 18.2 Å². The van der Waals surface area contributed by atoms with Crippen molar-refractivity contribution in [3.05, 3.63) is 29.8 Å². The molecule has 8 heteroatoms. The first-order valence-electron chi connectivity index (χ1n) is 6.47. The van der Waals surface area contributed by atoms with Crippen LogP contribution in [0.2, 0.25) is 0 Å². The van der Waals surface area contributed by atoms with Crippen molar-refractivity contribution in [3.8, 4) is 0 Å². The van der Waals surface area contributed by atoms with Crippen LogP contribution in [-0.4, -0.2) is 59.2 Å². The molecular weight excluding hydrogens is 296 g/mol. The molecule has 1 saturated heterocycles. The summed E-state index contributed by atoms with van der Waals surface area (Å²) in [6, 6.07) is 6.44. The molecular formula is C13H18N2O5S. The molecule has 0 spiro atoms. The van der Waals surface area contributed by atoms with Crippen molar-refractivity contribution in [2.45, 2.75) is 0 Å². The molecule has 0 aromatic heterocycles. The number of esters is 1. The van der Waals surface area contributed by atoms with Crippen LogP contribution in [0.15, 0.2) is 24.3 Å². The first kappa shape index (κ1) is 15.7. The van der Waals surface area contributed by atoms with Crippen molar-refractivity contribution in [3.63, 3.8) is 0 Å². The van der Waals surface area contributed by atoms with Crippen molar-refractivity contribution in [2.24, 2.45) is 0 Å². The molecule has 0 unspecified atom stereocenters. The van der Waals surface area contributed by atoms with E-state index in [-0.39, 0.29) is 11.3 Å². The predicted octanol–water partition coefficient (Wildman–Crippen LogP) is 0.486. The quantitative estimate of drug-likeness (QED) is 0.756. The van der Waals surface area contributed by atoms with Crippen LogP contribution in [-0.2, 0) is 19.7 Å². The van der Waals surface area contributed by atoms with E-state index in [0.29, 0.717) is 26.3 Å². The Kier molecular flexibility index (Phi) is 4.81. The Labute approximate surface area is 124 Å². The van der Waals surface area contributed by atoms with Crippen LogP contribution >= 0.6 is 0 Å². The van der Waals surface area contributed by atoms with Gasteiger partial charge in [-0.1, -0.05) is 12.1 Å². The lowest BCUT2D eigenvalue weighted by molar-refractivity contribution is 0.0601. The second-order valence-electron chi connectivity index (χ2n) is 4.50. The molecule has 0 bridgehead atoms. The number of para-hydroxylation sites is 1. The molecule has 0 atom stereocenters. The molecule has 7 nitrogen and oxygen atoms in total. The van der Waals surface area contributed by atoms with Gasteiger partial charge in [0.25, 0.3) is 0 Å². The maximum absolute atomic E-state index is 12.6. The van der Waals surface area contributed by atoms with Crippen LogP contribution in [0.3, 0.4) is 0 Å². The zero-order valence-corrected chi connectivity index (χ0v) is 12.8. The van der Waals surface area contributed by atoms with E-state index < -0.39 is 16.2 Å². The fourth-order valence-corrected chi connectivity index (χ4v) is 3.47. The summed E-state index contributed by atoms with van der Waals surface area (Å²) in [6.45, 7) is 1.33. The van der Waals surface area contributed by atoms with Gasteiger partial charge < -0.3 is 9.47 Å². The number of benzene rings is 1. The Morgan fingerprint density at radius 2 is 1.90 bits per heavy atom. The van der Waals surface area contributed by atoms with E-state index in [0.717, 1.165) is 4.31 Å². The second-order valence-corrected chi connectivity index (χ2v) is 6.46. The summed E-state index contributed by atoms with van der Waals surface area (Å²) in [7, 11) is -1.02. The Morgan fingerprint density at radius 1 is 1.29 bits per heavy atom. The standard InChI is InChI=1S/C13H18N2O5S/c1-14(21(17,18)15-7-9-20-10-8-15)12-6-4-3-5-11(12)13(16)19-2/h3-6H,7-10H2,1-2H3. The molecule has 1 aromatic rings. The topological polar surface area (TPSA) is 76.2 Å². The summed E-state index contributed by atoms with van der Waals surface area (Å²) in [6.07, 6.45) is 0. The SMILES string of the molecule is COC(=O)c1ccccc1N(C)S(=O)(=O)N1CCOCC1. The largest absolute Gasteiger partial charge is 0.465 e. The summed E-state index contributed by atoms with van der Waals surface area (Å²) < 4.78 is 37.5. The number of rotatable bonds is 4. The van der Waals surface area contributed by atoms with Gasteiger partial charge in [0.05, 0.1) is 31.6 Å². The number of ether oxygens (including phenoxy) is 2. The summed E-state index contributed by atoms with van der Waals surface area (Å²) in [4.78, 5) is 11.8. The molecule has 0 saturated carbocycles. The minimum Gasteiger partial charge on any atom is -0.465 e. The smallest absolute Gasteiger partial charge is 0.340 e. The molecule has 1 aliphatic heterocycles. The number of carbonyl (C=O) groups excluding carboxylic acids is 1. The highest BCUT2D eigenvalue weighted by Crippen LogP contribution is 2.24. The Bertz CT molecular complexity index is 611. The lowest BCUT2D eigenvalue weighted by Crippen LogP contribution is -2.47. The van der Waals surface area contributed by atoms with Gasteiger partial charge in [-0.3, -0.25) is 4.31 Å². The first-order chi connectivity index (χ1) is 9.98. The number of anilines is 1. The van der Waals surface area contributed by atoms with Crippen LogP contribution in [0.1, 0.15) is 10.4 Å². The van der Waals surface area contributed by atoms with Crippen LogP contribution in [0.4, 0.5) is 5.69 Å². The maximum atomic E-state index is 12.6. The van der Waals surface area contributed by atoms with Gasteiger partial charge >= 0.3 is 16.2 Å². The molecule has 1 fully saturated rings. The summed E-state index contributed by atoms with van der Waals surface area (Å²) in [5.41, 5.74) is 0.496. The molecule has 21 heavy (non-hydrogen) atoms. The molecule has 116 valence electrons. The molecule has 1 aromatic carbocycles. The Hall–Kier alpha value is -1.64. The fourth-order valence-electron chi connectivity index (χ4n) is 2.11. The molecule has 0 amide bonds. The van der Waals surface area contributed by atoms with E-state index in [9.17, 15) is 13.2 Å². The number of carbonyl (C=O) groups is 1. The van der Waals surface area contributed by atoms with Gasteiger partial charge in [-0.05, 0) is 12.1 Å². The van der Waals surface area contributed by atoms with E-state index in [1.807, 2.05) is 0 Å². The summed E-state index contributed by atoms with van der Waals surface area (Å²) >= 11 is 0. The third-order valence-corrected chi connectivity index (χ3v) is 5.20. The highest BCUT2D eigenvalue weighted by molar-refractivity contribution is 7.90. The lowest BCUT2D eigenvalue weighted by atomic mass is 10.2. The first-order valence-corrected chi connectivity index (χ1v) is 7.87. The maximum Gasteiger partial charge on any atom is 0.340 e. The van der Waals surface area contributed by atoms with Crippen LogP contribution < -0.4 is 4.31 Å². The van der Waals surface area contributed by atoms with Crippen molar-refractivity contribution in [1.29, 1.82) is 0 Å². The van der Waals surface area contributed by atoms with Gasteiger partial charge in [-0.2, -0.15) is 12.7 Å². The molecule has 0 radical (unpaired) electrons. The lowest BCUT2D eigenvalue weighted by Gasteiger charge is -2.31.